The van der Waals surface area contributed by atoms with Crippen LogP contribution >= 0.6 is 0 Å². The van der Waals surface area contributed by atoms with Gasteiger partial charge in [-0.2, -0.15) is 0 Å². The van der Waals surface area contributed by atoms with E-state index in [1.165, 1.54) is 11.1 Å². The van der Waals surface area contributed by atoms with E-state index in [0.29, 0.717) is 5.56 Å². The van der Waals surface area contributed by atoms with Crippen LogP contribution in [0.15, 0.2) is 54.6 Å². The molecule has 0 aliphatic rings. The van der Waals surface area contributed by atoms with Crippen molar-refractivity contribution in [3.8, 4) is 0 Å². The quantitative estimate of drug-likeness (QED) is 0.579. The number of rotatable bonds is 4. The summed E-state index contributed by atoms with van der Waals surface area (Å²) in [5.41, 5.74) is 12.0. The van der Waals surface area contributed by atoms with Crippen LogP contribution in [0, 0.1) is 13.0 Å². The number of amides is 1. The first-order valence-electron chi connectivity index (χ1n) is 8.89. The average molecular weight is 341 g/mol. The van der Waals surface area contributed by atoms with Crippen LogP contribution in [0.5, 0.6) is 0 Å². The van der Waals surface area contributed by atoms with Gasteiger partial charge >= 0.3 is 0 Å². The van der Waals surface area contributed by atoms with Crippen molar-refractivity contribution >= 4 is 27.7 Å². The predicted molar refractivity (Wildman–Crippen MR) is 106 cm³/mol. The Hall–Kier alpha value is -3.07. The van der Waals surface area contributed by atoms with E-state index in [4.69, 9.17) is 5.73 Å². The van der Waals surface area contributed by atoms with Gasteiger partial charge in [-0.3, -0.25) is 4.79 Å². The number of nitrogens with two attached hydrogens (primary N) is 1. The maximum Gasteiger partial charge on any atom is 0.249 e. The van der Waals surface area contributed by atoms with E-state index in [9.17, 15) is 4.79 Å². The van der Waals surface area contributed by atoms with Gasteiger partial charge in [0.15, 0.2) is 0 Å². The highest BCUT2D eigenvalue weighted by Gasteiger charge is 2.16. The Kier molecular flexibility index (Phi) is 4.00. The number of benzene rings is 3. The lowest BCUT2D eigenvalue weighted by atomic mass is 10.1. The lowest BCUT2D eigenvalue weighted by Gasteiger charge is -2.09. The highest BCUT2D eigenvalue weighted by Crippen LogP contribution is 2.32. The van der Waals surface area contributed by atoms with Gasteiger partial charge in [0.05, 0.1) is 11.0 Å². The first kappa shape index (κ1) is 16.4. The second-order valence-electron chi connectivity index (χ2n) is 6.76. The Morgan fingerprint density at radius 2 is 1.81 bits per heavy atom. The van der Waals surface area contributed by atoms with E-state index in [2.05, 4.69) is 54.8 Å². The molecule has 0 saturated heterocycles. The maximum atomic E-state index is 12.0. The van der Waals surface area contributed by atoms with Crippen molar-refractivity contribution in [3.05, 3.63) is 82.9 Å². The van der Waals surface area contributed by atoms with E-state index in [0.717, 1.165) is 40.3 Å². The minimum Gasteiger partial charge on any atom is -0.366 e. The molecule has 1 radical (unpaired) electrons. The third-order valence-electron chi connectivity index (χ3n) is 4.98. The summed E-state index contributed by atoms with van der Waals surface area (Å²) in [4.78, 5) is 12.0. The summed E-state index contributed by atoms with van der Waals surface area (Å²) in [7, 11) is 0. The third-order valence-corrected chi connectivity index (χ3v) is 4.98. The Balaban J connectivity index is 1.98. The summed E-state index contributed by atoms with van der Waals surface area (Å²) in [6, 6.07) is 21.9. The van der Waals surface area contributed by atoms with Crippen molar-refractivity contribution in [1.29, 1.82) is 0 Å². The van der Waals surface area contributed by atoms with Crippen LogP contribution in [-0.2, 0) is 13.0 Å². The fraction of sp³-hybridized carbons (Fsp3) is 0.174. The zero-order chi connectivity index (χ0) is 18.3. The number of fused-ring (bicyclic) bond motifs is 3. The van der Waals surface area contributed by atoms with Gasteiger partial charge in [-0.15, -0.1) is 0 Å². The van der Waals surface area contributed by atoms with Gasteiger partial charge in [0.25, 0.3) is 0 Å². The van der Waals surface area contributed by atoms with Crippen molar-refractivity contribution in [2.75, 3.05) is 0 Å². The second-order valence-corrected chi connectivity index (χ2v) is 6.76. The first-order chi connectivity index (χ1) is 12.6. The van der Waals surface area contributed by atoms with Crippen molar-refractivity contribution in [1.82, 2.24) is 4.57 Å². The number of aryl methyl sites for hydroxylation is 2. The highest BCUT2D eigenvalue weighted by molar-refractivity contribution is 6.17. The van der Waals surface area contributed by atoms with E-state index in [1.807, 2.05) is 18.2 Å². The maximum absolute atomic E-state index is 12.0. The molecule has 1 heterocycles. The van der Waals surface area contributed by atoms with Gasteiger partial charge in [-0.1, -0.05) is 43.3 Å². The zero-order valence-corrected chi connectivity index (χ0v) is 15.0. The highest BCUT2D eigenvalue weighted by atomic mass is 16.1. The van der Waals surface area contributed by atoms with Gasteiger partial charge < -0.3 is 10.3 Å². The Morgan fingerprint density at radius 3 is 2.50 bits per heavy atom. The van der Waals surface area contributed by atoms with Gasteiger partial charge in [-0.05, 0) is 54.3 Å². The van der Waals surface area contributed by atoms with E-state index < -0.39 is 5.91 Å². The molecule has 1 amide bonds. The number of primary amides is 1. The van der Waals surface area contributed by atoms with Crippen molar-refractivity contribution in [2.45, 2.75) is 26.8 Å². The van der Waals surface area contributed by atoms with Gasteiger partial charge in [0.1, 0.15) is 0 Å². The van der Waals surface area contributed by atoms with Gasteiger partial charge in [0.2, 0.25) is 5.91 Å². The van der Waals surface area contributed by atoms with Crippen molar-refractivity contribution in [2.24, 2.45) is 5.73 Å². The Labute approximate surface area is 153 Å². The van der Waals surface area contributed by atoms with Crippen LogP contribution in [-0.4, -0.2) is 10.5 Å². The average Bonchev–Trinajstić information content (AvgIpc) is 2.95. The van der Waals surface area contributed by atoms with Crippen LogP contribution in [0.4, 0.5) is 0 Å². The van der Waals surface area contributed by atoms with E-state index >= 15 is 0 Å². The molecule has 0 fully saturated rings. The fourth-order valence-electron chi connectivity index (χ4n) is 3.60. The molecule has 2 N–H and O–H groups in total. The molecule has 0 aliphatic heterocycles. The fourth-order valence-corrected chi connectivity index (χ4v) is 3.60. The number of nitrogens with zero attached hydrogens (tertiary/aromatic N) is 1. The Morgan fingerprint density at radius 1 is 1.08 bits per heavy atom. The smallest absolute Gasteiger partial charge is 0.249 e. The topological polar surface area (TPSA) is 48.0 Å². The Bertz CT molecular complexity index is 1120. The molecular formula is C23H21N2O. The monoisotopic (exact) mass is 341 g/mol. The summed E-state index contributed by atoms with van der Waals surface area (Å²) in [5.74, 6) is -0.407. The molecule has 3 heteroatoms. The normalized spacial score (nSPS) is 11.3. The molecule has 0 unspecified atom stereocenters. The number of carbonyl (C=O) groups is 1. The summed E-state index contributed by atoms with van der Waals surface area (Å²) in [6.45, 7) is 4.96. The molecule has 0 saturated carbocycles. The first-order valence-corrected chi connectivity index (χ1v) is 8.89. The molecule has 4 aromatic rings. The zero-order valence-electron chi connectivity index (χ0n) is 15.0. The number of hydrogen-bond donors (Lipinski definition) is 1. The molecule has 0 aliphatic carbocycles. The third kappa shape index (κ3) is 2.66. The second kappa shape index (κ2) is 6.34. The molecular weight excluding hydrogens is 320 g/mol. The van der Waals surface area contributed by atoms with Crippen LogP contribution in [0.3, 0.4) is 0 Å². The number of carbonyl (C=O) groups excluding carboxylic acids is 1. The van der Waals surface area contributed by atoms with Crippen LogP contribution in [0.25, 0.3) is 21.8 Å². The SMILES string of the molecule is CCc1ccc(Cn2c3cc(C)c[c]c3c3c(C(N)=O)cccc32)cc1. The molecule has 0 spiro atoms. The standard InChI is InChI=1S/C23H21N2O/c1-3-16-8-10-17(11-9-16)14-25-20-6-4-5-19(23(24)26)22(20)18-12-7-15(2)13-21(18)25/h4-11,13H,3,14H2,1-2H3,(H2,24,26). The van der Waals surface area contributed by atoms with Crippen LogP contribution in [0.2, 0.25) is 0 Å². The van der Waals surface area contributed by atoms with Crippen LogP contribution < -0.4 is 5.73 Å². The van der Waals surface area contributed by atoms with E-state index in [-0.39, 0.29) is 0 Å². The lowest BCUT2D eigenvalue weighted by Crippen LogP contribution is -2.11. The summed E-state index contributed by atoms with van der Waals surface area (Å²) in [6.07, 6.45) is 1.03. The minimum atomic E-state index is -0.407. The molecule has 0 bridgehead atoms. The molecule has 3 aromatic carbocycles. The van der Waals surface area contributed by atoms with Crippen LogP contribution in [0.1, 0.15) is 34.0 Å². The summed E-state index contributed by atoms with van der Waals surface area (Å²) < 4.78 is 2.25. The van der Waals surface area contributed by atoms with Crippen molar-refractivity contribution in [3.63, 3.8) is 0 Å². The summed E-state index contributed by atoms with van der Waals surface area (Å²) in [5, 5.41) is 1.84. The number of hydrogen-bond acceptors (Lipinski definition) is 1. The summed E-state index contributed by atoms with van der Waals surface area (Å²) >= 11 is 0. The lowest BCUT2D eigenvalue weighted by molar-refractivity contribution is 0.100. The molecule has 129 valence electrons. The molecule has 3 nitrogen and oxygen atoms in total. The van der Waals surface area contributed by atoms with Crippen molar-refractivity contribution < 1.29 is 4.79 Å². The predicted octanol–water partition coefficient (Wildman–Crippen LogP) is 4.61. The largest absolute Gasteiger partial charge is 0.366 e. The molecule has 4 rings (SSSR count). The van der Waals surface area contributed by atoms with Gasteiger partial charge in [0, 0.05) is 22.9 Å². The van der Waals surface area contributed by atoms with Gasteiger partial charge in [-0.25, -0.2) is 0 Å². The molecule has 26 heavy (non-hydrogen) atoms. The number of aromatic nitrogens is 1. The molecule has 1 aromatic heterocycles. The minimum absolute atomic E-state index is 0.407. The molecule has 0 atom stereocenters. The van der Waals surface area contributed by atoms with E-state index in [1.54, 1.807) is 6.07 Å².